The van der Waals surface area contributed by atoms with Gasteiger partial charge in [0, 0.05) is 11.4 Å². The molecule has 1 N–H and O–H groups in total. The van der Waals surface area contributed by atoms with Crippen molar-refractivity contribution in [2.75, 3.05) is 13.1 Å². The average Bonchev–Trinajstić information content (AvgIpc) is 3.03. The number of nitrogens with one attached hydrogen (secondary N) is 1. The second kappa shape index (κ2) is 8.31. The number of hydrogen-bond donors (Lipinski definition) is 1. The van der Waals surface area contributed by atoms with Gasteiger partial charge < -0.3 is 5.32 Å². The Morgan fingerprint density at radius 3 is 2.42 bits per heavy atom. The summed E-state index contributed by atoms with van der Waals surface area (Å²) < 4.78 is 26.6. The number of amides is 1. The molecule has 0 aliphatic carbocycles. The topological polar surface area (TPSA) is 66.5 Å². The molecule has 1 amide bonds. The van der Waals surface area contributed by atoms with Gasteiger partial charge in [-0.05, 0) is 23.6 Å². The first kappa shape index (κ1) is 19.2. The Morgan fingerprint density at radius 1 is 1.21 bits per heavy atom. The Kier molecular flexibility index (Phi) is 6.65. The van der Waals surface area contributed by atoms with E-state index in [1.165, 1.54) is 23.5 Å². The normalized spacial score (nSPS) is 11.7. The van der Waals surface area contributed by atoms with Gasteiger partial charge in [-0.1, -0.05) is 42.3 Å². The lowest BCUT2D eigenvalue weighted by Crippen LogP contribution is -2.40. The highest BCUT2D eigenvalue weighted by molar-refractivity contribution is 7.89. The largest absolute Gasteiger partial charge is 0.350 e. The fourth-order valence-electron chi connectivity index (χ4n) is 2.04. The summed E-state index contributed by atoms with van der Waals surface area (Å²) in [5, 5.41) is 4.66. The van der Waals surface area contributed by atoms with Crippen LogP contribution in [0.4, 0.5) is 0 Å². The minimum atomic E-state index is -3.97. The number of halogens is 2. The van der Waals surface area contributed by atoms with E-state index in [0.717, 1.165) is 9.18 Å². The number of rotatable bonds is 7. The van der Waals surface area contributed by atoms with Crippen molar-refractivity contribution in [2.24, 2.45) is 0 Å². The first-order valence-electron chi connectivity index (χ1n) is 7.09. The number of likely N-dealkylation sites (N-methyl/N-ethyl adjacent to an activating group) is 1. The lowest BCUT2D eigenvalue weighted by atomic mass is 10.4. The molecule has 24 heavy (non-hydrogen) atoms. The molecule has 0 spiro atoms. The second-order valence-electron chi connectivity index (χ2n) is 4.84. The molecule has 0 unspecified atom stereocenters. The molecule has 130 valence electrons. The average molecular weight is 407 g/mol. The van der Waals surface area contributed by atoms with Crippen molar-refractivity contribution in [2.45, 2.75) is 18.4 Å². The van der Waals surface area contributed by atoms with Gasteiger partial charge in [-0.2, -0.15) is 4.31 Å². The monoisotopic (exact) mass is 406 g/mol. The van der Waals surface area contributed by atoms with Crippen LogP contribution in [0.25, 0.3) is 0 Å². The first-order valence-corrected chi connectivity index (χ1v) is 10.2. The molecule has 0 aliphatic heterocycles. The summed E-state index contributed by atoms with van der Waals surface area (Å²) >= 11 is 13.5. The van der Waals surface area contributed by atoms with Crippen LogP contribution in [-0.4, -0.2) is 31.7 Å². The van der Waals surface area contributed by atoms with E-state index in [2.05, 4.69) is 5.32 Å². The number of hydrogen-bond acceptors (Lipinski definition) is 4. The highest BCUT2D eigenvalue weighted by atomic mass is 35.5. The number of benzene rings is 1. The van der Waals surface area contributed by atoms with Crippen molar-refractivity contribution in [1.29, 1.82) is 0 Å². The molecule has 1 aromatic heterocycles. The zero-order chi connectivity index (χ0) is 17.7. The van der Waals surface area contributed by atoms with Gasteiger partial charge in [0.25, 0.3) is 0 Å². The molecular formula is C15H16Cl2N2O3S2. The standard InChI is InChI=1S/C15H16Cl2N2O3S2/c1-2-19(10-14(20)18-9-11-5-4-8-23-11)24(21,22)15-12(16)6-3-7-13(15)17/h3-8H,2,9-10H2,1H3,(H,18,20). The minimum Gasteiger partial charge on any atom is -0.350 e. The third-order valence-corrected chi connectivity index (χ3v) is 6.98. The van der Waals surface area contributed by atoms with Crippen LogP contribution in [0.15, 0.2) is 40.6 Å². The highest BCUT2D eigenvalue weighted by Gasteiger charge is 2.29. The number of thiophene rings is 1. The zero-order valence-corrected chi connectivity index (χ0v) is 16.0. The smallest absolute Gasteiger partial charge is 0.246 e. The van der Waals surface area contributed by atoms with Gasteiger partial charge in [-0.15, -0.1) is 11.3 Å². The molecule has 0 bridgehead atoms. The summed E-state index contributed by atoms with van der Waals surface area (Å²) in [5.41, 5.74) is 0. The third kappa shape index (κ3) is 4.49. The Morgan fingerprint density at radius 2 is 1.88 bits per heavy atom. The molecular weight excluding hydrogens is 391 g/mol. The maximum absolute atomic E-state index is 12.8. The van der Waals surface area contributed by atoms with Crippen LogP contribution in [0, 0.1) is 0 Å². The fraction of sp³-hybridized carbons (Fsp3) is 0.267. The molecule has 2 aromatic rings. The SMILES string of the molecule is CCN(CC(=O)NCc1cccs1)S(=O)(=O)c1c(Cl)cccc1Cl. The van der Waals surface area contributed by atoms with E-state index < -0.39 is 15.9 Å². The van der Waals surface area contributed by atoms with Gasteiger partial charge in [0.15, 0.2) is 0 Å². The van der Waals surface area contributed by atoms with Gasteiger partial charge in [0.2, 0.25) is 15.9 Å². The number of nitrogens with zero attached hydrogens (tertiary/aromatic N) is 1. The van der Waals surface area contributed by atoms with Crippen LogP contribution in [0.5, 0.6) is 0 Å². The van der Waals surface area contributed by atoms with Crippen molar-refractivity contribution >= 4 is 50.5 Å². The molecule has 0 aliphatic rings. The first-order chi connectivity index (χ1) is 11.4. The van der Waals surface area contributed by atoms with E-state index in [1.54, 1.807) is 13.0 Å². The summed E-state index contributed by atoms with van der Waals surface area (Å²) in [4.78, 5) is 12.9. The zero-order valence-electron chi connectivity index (χ0n) is 12.8. The van der Waals surface area contributed by atoms with Crippen LogP contribution in [0.1, 0.15) is 11.8 Å². The Labute approximate surface area is 155 Å². The van der Waals surface area contributed by atoms with Crippen LogP contribution in [-0.2, 0) is 21.4 Å². The van der Waals surface area contributed by atoms with Gasteiger partial charge in [0.05, 0.1) is 23.1 Å². The van der Waals surface area contributed by atoms with E-state index in [1.807, 2.05) is 17.5 Å². The van der Waals surface area contributed by atoms with Crippen LogP contribution in [0.3, 0.4) is 0 Å². The Hall–Kier alpha value is -1.12. The van der Waals surface area contributed by atoms with Gasteiger partial charge in [-0.25, -0.2) is 8.42 Å². The number of carbonyl (C=O) groups is 1. The fourth-order valence-corrected chi connectivity index (χ4v) is 5.18. The minimum absolute atomic E-state index is 0.0277. The molecule has 0 fully saturated rings. The third-order valence-electron chi connectivity index (χ3n) is 3.23. The Bertz CT molecular complexity index is 788. The maximum Gasteiger partial charge on any atom is 0.246 e. The summed E-state index contributed by atoms with van der Waals surface area (Å²) in [7, 11) is -3.97. The van der Waals surface area contributed by atoms with Gasteiger partial charge in [-0.3, -0.25) is 4.79 Å². The van der Waals surface area contributed by atoms with Crippen molar-refractivity contribution in [1.82, 2.24) is 9.62 Å². The number of carbonyl (C=O) groups excluding carboxylic acids is 1. The van der Waals surface area contributed by atoms with Crippen molar-refractivity contribution < 1.29 is 13.2 Å². The molecule has 5 nitrogen and oxygen atoms in total. The summed E-state index contributed by atoms with van der Waals surface area (Å²) in [5.74, 6) is -0.392. The van der Waals surface area contributed by atoms with Crippen molar-refractivity contribution in [3.8, 4) is 0 Å². The predicted molar refractivity (Wildman–Crippen MR) is 97.1 cm³/mol. The lowest BCUT2D eigenvalue weighted by molar-refractivity contribution is -0.121. The number of sulfonamides is 1. The summed E-state index contributed by atoms with van der Waals surface area (Å²) in [6.07, 6.45) is 0. The molecule has 0 atom stereocenters. The van der Waals surface area contributed by atoms with Crippen LogP contribution < -0.4 is 5.32 Å². The van der Waals surface area contributed by atoms with E-state index >= 15 is 0 Å². The van der Waals surface area contributed by atoms with E-state index in [4.69, 9.17) is 23.2 Å². The Balaban J connectivity index is 2.13. The highest BCUT2D eigenvalue weighted by Crippen LogP contribution is 2.31. The lowest BCUT2D eigenvalue weighted by Gasteiger charge is -2.21. The van der Waals surface area contributed by atoms with E-state index in [-0.39, 0.29) is 28.0 Å². The summed E-state index contributed by atoms with van der Waals surface area (Å²) in [6, 6.07) is 8.24. The van der Waals surface area contributed by atoms with E-state index in [9.17, 15) is 13.2 Å². The molecule has 9 heteroatoms. The predicted octanol–water partition coefficient (Wildman–Crippen LogP) is 3.38. The molecule has 1 heterocycles. The quantitative estimate of drug-likeness (QED) is 0.765. The molecule has 0 radical (unpaired) electrons. The van der Waals surface area contributed by atoms with Gasteiger partial charge in [0.1, 0.15) is 4.90 Å². The maximum atomic E-state index is 12.8. The van der Waals surface area contributed by atoms with Crippen LogP contribution >= 0.6 is 34.5 Å². The van der Waals surface area contributed by atoms with Crippen molar-refractivity contribution in [3.63, 3.8) is 0 Å². The molecule has 2 rings (SSSR count). The summed E-state index contributed by atoms with van der Waals surface area (Å²) in [6.45, 7) is 1.83. The van der Waals surface area contributed by atoms with Gasteiger partial charge >= 0.3 is 0 Å². The van der Waals surface area contributed by atoms with Crippen molar-refractivity contribution in [3.05, 3.63) is 50.6 Å². The molecule has 0 saturated heterocycles. The molecule has 0 saturated carbocycles. The van der Waals surface area contributed by atoms with Crippen LogP contribution in [0.2, 0.25) is 10.0 Å². The van der Waals surface area contributed by atoms with E-state index in [0.29, 0.717) is 6.54 Å². The second-order valence-corrected chi connectivity index (χ2v) is 8.56. The molecule has 1 aromatic carbocycles.